The first-order chi connectivity index (χ1) is 12.9. The third kappa shape index (κ3) is 4.74. The Morgan fingerprint density at radius 1 is 1.15 bits per heavy atom. The summed E-state index contributed by atoms with van der Waals surface area (Å²) in [5.74, 6) is 0.0358. The minimum absolute atomic E-state index is 0.0126. The molecule has 142 valence electrons. The van der Waals surface area contributed by atoms with E-state index in [1.165, 1.54) is 5.56 Å². The van der Waals surface area contributed by atoms with E-state index < -0.39 is 6.04 Å². The molecule has 0 unspecified atom stereocenters. The Hall–Kier alpha value is -2.66. The fourth-order valence-electron chi connectivity index (χ4n) is 3.09. The van der Waals surface area contributed by atoms with Crippen LogP contribution in [0.25, 0.3) is 0 Å². The highest BCUT2D eigenvalue weighted by Crippen LogP contribution is 2.19. The molecule has 1 aliphatic heterocycles. The number of hydrogen-bond acceptors (Lipinski definition) is 3. The molecule has 2 aromatic rings. The predicted molar refractivity (Wildman–Crippen MR) is 105 cm³/mol. The van der Waals surface area contributed by atoms with Crippen molar-refractivity contribution < 1.29 is 14.3 Å². The summed E-state index contributed by atoms with van der Waals surface area (Å²) in [6.45, 7) is 6.88. The van der Waals surface area contributed by atoms with Gasteiger partial charge in [0.05, 0.1) is 6.61 Å². The van der Waals surface area contributed by atoms with E-state index in [9.17, 15) is 9.59 Å². The second kappa shape index (κ2) is 8.35. The van der Waals surface area contributed by atoms with Crippen molar-refractivity contribution in [2.75, 3.05) is 18.5 Å². The monoisotopic (exact) mass is 366 g/mol. The molecule has 0 aliphatic carbocycles. The molecule has 0 spiro atoms. The molecule has 2 amide bonds. The molecule has 3 rings (SSSR count). The number of amides is 2. The Labute approximate surface area is 160 Å². The van der Waals surface area contributed by atoms with Crippen molar-refractivity contribution in [2.45, 2.75) is 39.3 Å². The maximum absolute atomic E-state index is 12.8. The predicted octanol–water partition coefficient (Wildman–Crippen LogP) is 3.48. The molecule has 1 N–H and O–H groups in total. The fraction of sp³-hybridized carbons (Fsp3) is 0.364. The van der Waals surface area contributed by atoms with Gasteiger partial charge in [0.25, 0.3) is 0 Å². The van der Waals surface area contributed by atoms with E-state index in [-0.39, 0.29) is 25.0 Å². The van der Waals surface area contributed by atoms with Gasteiger partial charge in [0.2, 0.25) is 11.8 Å². The van der Waals surface area contributed by atoms with Crippen LogP contribution in [0, 0.1) is 6.92 Å². The first kappa shape index (κ1) is 19.1. The van der Waals surface area contributed by atoms with Gasteiger partial charge in [0, 0.05) is 12.2 Å². The molecule has 1 fully saturated rings. The van der Waals surface area contributed by atoms with Crippen LogP contribution < -0.4 is 5.32 Å². The van der Waals surface area contributed by atoms with Crippen molar-refractivity contribution in [1.29, 1.82) is 0 Å². The molecular formula is C22H26N2O3. The van der Waals surface area contributed by atoms with Crippen LogP contribution in [0.15, 0.2) is 48.5 Å². The van der Waals surface area contributed by atoms with Crippen LogP contribution in [-0.4, -0.2) is 36.0 Å². The van der Waals surface area contributed by atoms with E-state index in [0.29, 0.717) is 12.5 Å². The van der Waals surface area contributed by atoms with Crippen LogP contribution in [0.3, 0.4) is 0 Å². The maximum atomic E-state index is 12.8. The fourth-order valence-corrected chi connectivity index (χ4v) is 3.09. The van der Waals surface area contributed by atoms with Gasteiger partial charge in [-0.2, -0.15) is 0 Å². The van der Waals surface area contributed by atoms with Gasteiger partial charge in [-0.15, -0.1) is 0 Å². The molecule has 1 heterocycles. The second-order valence-corrected chi connectivity index (χ2v) is 7.30. The first-order valence-corrected chi connectivity index (χ1v) is 9.27. The summed E-state index contributed by atoms with van der Waals surface area (Å²) in [5.41, 5.74) is 4.09. The SMILES string of the molecule is Cc1ccc(CN2C(=O)COC[C@H]2C(=O)Nc2ccc(C(C)C)cc2)cc1. The average molecular weight is 366 g/mol. The Kier molecular flexibility index (Phi) is 5.91. The van der Waals surface area contributed by atoms with Crippen LogP contribution in [0.5, 0.6) is 0 Å². The zero-order valence-corrected chi connectivity index (χ0v) is 16.1. The van der Waals surface area contributed by atoms with Crippen LogP contribution in [0.2, 0.25) is 0 Å². The van der Waals surface area contributed by atoms with E-state index in [1.54, 1.807) is 4.90 Å². The molecule has 0 radical (unpaired) electrons. The molecule has 5 heteroatoms. The van der Waals surface area contributed by atoms with Gasteiger partial charge < -0.3 is 15.0 Å². The summed E-state index contributed by atoms with van der Waals surface area (Å²) in [6.07, 6.45) is 0. The van der Waals surface area contributed by atoms with E-state index in [1.807, 2.05) is 55.5 Å². The van der Waals surface area contributed by atoms with E-state index in [0.717, 1.165) is 16.8 Å². The van der Waals surface area contributed by atoms with Crippen molar-refractivity contribution in [1.82, 2.24) is 4.90 Å². The number of ether oxygens (including phenoxy) is 1. The number of anilines is 1. The number of hydrogen-bond donors (Lipinski definition) is 1. The Morgan fingerprint density at radius 2 is 1.81 bits per heavy atom. The Bertz CT molecular complexity index is 797. The molecule has 1 saturated heterocycles. The molecule has 2 aromatic carbocycles. The molecule has 1 atom stereocenters. The molecule has 27 heavy (non-hydrogen) atoms. The topological polar surface area (TPSA) is 58.6 Å². The largest absolute Gasteiger partial charge is 0.369 e. The van der Waals surface area contributed by atoms with Gasteiger partial charge in [-0.3, -0.25) is 9.59 Å². The number of aryl methyl sites for hydroxylation is 1. The van der Waals surface area contributed by atoms with Crippen molar-refractivity contribution >= 4 is 17.5 Å². The summed E-state index contributed by atoms with van der Waals surface area (Å²) < 4.78 is 5.34. The third-order valence-corrected chi connectivity index (χ3v) is 4.82. The summed E-state index contributed by atoms with van der Waals surface area (Å²) in [4.78, 5) is 26.8. The van der Waals surface area contributed by atoms with Gasteiger partial charge in [-0.1, -0.05) is 55.8 Å². The van der Waals surface area contributed by atoms with Gasteiger partial charge >= 0.3 is 0 Å². The van der Waals surface area contributed by atoms with Crippen molar-refractivity contribution in [3.8, 4) is 0 Å². The lowest BCUT2D eigenvalue weighted by Crippen LogP contribution is -2.54. The van der Waals surface area contributed by atoms with Gasteiger partial charge in [-0.05, 0) is 36.1 Å². The normalized spacial score (nSPS) is 17.3. The molecule has 1 aliphatic rings. The molecule has 0 saturated carbocycles. The summed E-state index contributed by atoms with van der Waals surface area (Å²) in [6, 6.07) is 15.1. The number of carbonyl (C=O) groups is 2. The molecule has 0 bridgehead atoms. The van der Waals surface area contributed by atoms with Crippen molar-refractivity contribution in [2.24, 2.45) is 0 Å². The van der Waals surface area contributed by atoms with E-state index in [4.69, 9.17) is 4.74 Å². The second-order valence-electron chi connectivity index (χ2n) is 7.30. The Balaban J connectivity index is 1.72. The maximum Gasteiger partial charge on any atom is 0.249 e. The number of nitrogens with one attached hydrogen (secondary N) is 1. The summed E-state index contributed by atoms with van der Waals surface area (Å²) in [5, 5.41) is 2.91. The lowest BCUT2D eigenvalue weighted by molar-refractivity contribution is -0.154. The van der Waals surface area contributed by atoms with Crippen LogP contribution in [0.4, 0.5) is 5.69 Å². The zero-order chi connectivity index (χ0) is 19.4. The van der Waals surface area contributed by atoms with Gasteiger partial charge in [-0.25, -0.2) is 0 Å². The first-order valence-electron chi connectivity index (χ1n) is 9.27. The number of morpholine rings is 1. The minimum Gasteiger partial charge on any atom is -0.369 e. The lowest BCUT2D eigenvalue weighted by Gasteiger charge is -2.34. The average Bonchev–Trinajstić information content (AvgIpc) is 2.65. The highest BCUT2D eigenvalue weighted by Gasteiger charge is 2.34. The number of rotatable bonds is 5. The molecule has 0 aromatic heterocycles. The third-order valence-electron chi connectivity index (χ3n) is 4.82. The van der Waals surface area contributed by atoms with Crippen molar-refractivity contribution in [3.63, 3.8) is 0 Å². The standard InChI is InChI=1S/C22H26N2O3/c1-15(2)18-8-10-19(11-9-18)23-22(26)20-13-27-14-21(25)24(20)12-17-6-4-16(3)5-7-17/h4-11,15,20H,12-14H2,1-3H3,(H,23,26)/t20-/m0/s1. The van der Waals surface area contributed by atoms with E-state index >= 15 is 0 Å². The van der Waals surface area contributed by atoms with Gasteiger partial charge in [0.15, 0.2) is 0 Å². The quantitative estimate of drug-likeness (QED) is 0.881. The van der Waals surface area contributed by atoms with Gasteiger partial charge in [0.1, 0.15) is 12.6 Å². The number of benzene rings is 2. The number of carbonyl (C=O) groups excluding carboxylic acids is 2. The minimum atomic E-state index is -0.641. The smallest absolute Gasteiger partial charge is 0.249 e. The van der Waals surface area contributed by atoms with Crippen LogP contribution >= 0.6 is 0 Å². The zero-order valence-electron chi connectivity index (χ0n) is 16.1. The summed E-state index contributed by atoms with van der Waals surface area (Å²) >= 11 is 0. The lowest BCUT2D eigenvalue weighted by atomic mass is 10.0. The highest BCUT2D eigenvalue weighted by molar-refractivity contribution is 5.98. The molecular weight excluding hydrogens is 340 g/mol. The highest BCUT2D eigenvalue weighted by atomic mass is 16.5. The molecule has 5 nitrogen and oxygen atoms in total. The number of nitrogens with zero attached hydrogens (tertiary/aromatic N) is 1. The Morgan fingerprint density at radius 3 is 2.44 bits per heavy atom. The van der Waals surface area contributed by atoms with E-state index in [2.05, 4.69) is 19.2 Å². The van der Waals surface area contributed by atoms with Crippen LogP contribution in [-0.2, 0) is 20.9 Å². The van der Waals surface area contributed by atoms with Crippen LogP contribution in [0.1, 0.15) is 36.5 Å². The summed E-state index contributed by atoms with van der Waals surface area (Å²) in [7, 11) is 0. The van der Waals surface area contributed by atoms with Crippen molar-refractivity contribution in [3.05, 3.63) is 65.2 Å².